The second-order valence-corrected chi connectivity index (χ2v) is 6.44. The maximum Gasteiger partial charge on any atom is 0.223 e. The number of rotatable bonds is 8. The number of benzene rings is 1. The van der Waals surface area contributed by atoms with Crippen LogP contribution in [-0.2, 0) is 11.3 Å². The zero-order valence-corrected chi connectivity index (χ0v) is 14.3. The Morgan fingerprint density at radius 2 is 1.86 bits per heavy atom. The van der Waals surface area contributed by atoms with Crippen molar-refractivity contribution < 1.29 is 4.79 Å². The Morgan fingerprint density at radius 3 is 2.50 bits per heavy atom. The van der Waals surface area contributed by atoms with Crippen LogP contribution in [0.5, 0.6) is 0 Å². The van der Waals surface area contributed by atoms with E-state index in [0.29, 0.717) is 6.54 Å². The van der Waals surface area contributed by atoms with Gasteiger partial charge >= 0.3 is 0 Å². The van der Waals surface area contributed by atoms with E-state index >= 15 is 0 Å². The van der Waals surface area contributed by atoms with Crippen LogP contribution in [0, 0.1) is 5.92 Å². The summed E-state index contributed by atoms with van der Waals surface area (Å²) in [6.45, 7) is 4.89. The molecular weight excluding hydrogens is 290 g/mol. The molecule has 0 aliphatic heterocycles. The van der Waals surface area contributed by atoms with Gasteiger partial charge in [0.1, 0.15) is 0 Å². The summed E-state index contributed by atoms with van der Waals surface area (Å²) in [6.07, 6.45) is 4.07. The molecule has 0 radical (unpaired) electrons. The van der Waals surface area contributed by atoms with Crippen molar-refractivity contribution in [1.29, 1.82) is 0 Å². The molecule has 0 atom stereocenters. The molecule has 0 spiro atoms. The van der Waals surface area contributed by atoms with Crippen molar-refractivity contribution in [2.24, 2.45) is 5.92 Å². The predicted molar refractivity (Wildman–Crippen MR) is 94.9 cm³/mol. The van der Waals surface area contributed by atoms with Gasteiger partial charge in [0.2, 0.25) is 5.91 Å². The van der Waals surface area contributed by atoms with Gasteiger partial charge in [0.05, 0.1) is 0 Å². The van der Waals surface area contributed by atoms with E-state index in [4.69, 9.17) is 0 Å². The number of nitrogens with one attached hydrogen (secondary N) is 1. The second-order valence-electron chi connectivity index (χ2n) is 5.66. The highest BCUT2D eigenvalue weighted by atomic mass is 32.1. The lowest BCUT2D eigenvalue weighted by Gasteiger charge is -2.16. The monoisotopic (exact) mass is 315 g/mol. The Hall–Kier alpha value is -1.61. The van der Waals surface area contributed by atoms with Crippen molar-refractivity contribution in [1.82, 2.24) is 5.32 Å². The van der Waals surface area contributed by atoms with Crippen LogP contribution in [0.4, 0.5) is 0 Å². The highest BCUT2D eigenvalue weighted by Gasteiger charge is 2.16. The standard InChI is InChI=1S/C19H25NOS/c1-3-7-15(8-4-2)19(21)20-13-16-9-5-6-10-18(16)17-11-12-22-14-17/h5-6,9-12,14-15H,3-4,7-8,13H2,1-2H3,(H,20,21). The van der Waals surface area contributed by atoms with E-state index in [-0.39, 0.29) is 11.8 Å². The summed E-state index contributed by atoms with van der Waals surface area (Å²) in [5, 5.41) is 7.37. The van der Waals surface area contributed by atoms with E-state index in [0.717, 1.165) is 25.7 Å². The molecule has 0 aliphatic carbocycles. The summed E-state index contributed by atoms with van der Waals surface area (Å²) in [6, 6.07) is 10.4. The lowest BCUT2D eigenvalue weighted by molar-refractivity contribution is -0.125. The predicted octanol–water partition coefficient (Wildman–Crippen LogP) is 5.25. The zero-order chi connectivity index (χ0) is 15.8. The Bertz CT molecular complexity index is 571. The number of carbonyl (C=O) groups excluding carboxylic acids is 1. The van der Waals surface area contributed by atoms with Crippen molar-refractivity contribution >= 4 is 17.2 Å². The van der Waals surface area contributed by atoms with Gasteiger partial charge in [0, 0.05) is 12.5 Å². The van der Waals surface area contributed by atoms with Crippen LogP contribution in [0.25, 0.3) is 11.1 Å². The Morgan fingerprint density at radius 1 is 1.14 bits per heavy atom. The van der Waals surface area contributed by atoms with Crippen molar-refractivity contribution in [3.05, 3.63) is 46.7 Å². The molecule has 0 saturated heterocycles. The van der Waals surface area contributed by atoms with Gasteiger partial charge in [-0.05, 0) is 46.4 Å². The first-order valence-corrected chi connectivity index (χ1v) is 9.08. The molecule has 1 heterocycles. The molecule has 118 valence electrons. The fourth-order valence-corrected chi connectivity index (χ4v) is 3.46. The lowest BCUT2D eigenvalue weighted by Crippen LogP contribution is -2.30. The molecule has 0 unspecified atom stereocenters. The van der Waals surface area contributed by atoms with Gasteiger partial charge in [-0.2, -0.15) is 11.3 Å². The minimum atomic E-state index is 0.156. The number of carbonyl (C=O) groups is 1. The molecule has 2 rings (SSSR count). The van der Waals surface area contributed by atoms with Gasteiger partial charge in [-0.15, -0.1) is 0 Å². The number of amides is 1. The van der Waals surface area contributed by atoms with Crippen LogP contribution >= 0.6 is 11.3 Å². The van der Waals surface area contributed by atoms with E-state index in [1.807, 2.05) is 6.07 Å². The second kappa shape index (κ2) is 8.74. The van der Waals surface area contributed by atoms with Crippen molar-refractivity contribution in [3.8, 4) is 11.1 Å². The average Bonchev–Trinajstić information content (AvgIpc) is 3.07. The molecule has 1 N–H and O–H groups in total. The molecule has 1 amide bonds. The Labute approximate surface area is 137 Å². The molecular formula is C19H25NOS. The Balaban J connectivity index is 2.04. The third-order valence-corrected chi connectivity index (χ3v) is 4.63. The summed E-state index contributed by atoms with van der Waals surface area (Å²) >= 11 is 1.70. The van der Waals surface area contributed by atoms with Crippen LogP contribution in [0.15, 0.2) is 41.1 Å². The minimum Gasteiger partial charge on any atom is -0.352 e. The Kier molecular flexibility index (Phi) is 6.66. The first kappa shape index (κ1) is 16.8. The largest absolute Gasteiger partial charge is 0.352 e. The minimum absolute atomic E-state index is 0.156. The van der Waals surface area contributed by atoms with Crippen molar-refractivity contribution in [2.45, 2.75) is 46.1 Å². The van der Waals surface area contributed by atoms with E-state index in [9.17, 15) is 4.79 Å². The number of thiophene rings is 1. The quantitative estimate of drug-likeness (QED) is 0.708. The molecule has 22 heavy (non-hydrogen) atoms. The molecule has 0 bridgehead atoms. The first-order valence-electron chi connectivity index (χ1n) is 8.14. The topological polar surface area (TPSA) is 29.1 Å². The molecule has 1 aromatic heterocycles. The summed E-state index contributed by atoms with van der Waals surface area (Å²) < 4.78 is 0. The van der Waals surface area contributed by atoms with Gasteiger partial charge in [-0.25, -0.2) is 0 Å². The van der Waals surface area contributed by atoms with Gasteiger partial charge in [0.15, 0.2) is 0 Å². The molecule has 0 aliphatic rings. The van der Waals surface area contributed by atoms with Crippen LogP contribution in [0.2, 0.25) is 0 Å². The van der Waals surface area contributed by atoms with E-state index in [1.165, 1.54) is 16.7 Å². The number of hydrogen-bond acceptors (Lipinski definition) is 2. The summed E-state index contributed by atoms with van der Waals surface area (Å²) in [4.78, 5) is 12.4. The van der Waals surface area contributed by atoms with Crippen LogP contribution in [0.1, 0.15) is 45.1 Å². The van der Waals surface area contributed by atoms with Crippen LogP contribution in [-0.4, -0.2) is 5.91 Å². The highest BCUT2D eigenvalue weighted by molar-refractivity contribution is 7.08. The molecule has 0 fully saturated rings. The summed E-state index contributed by atoms with van der Waals surface area (Å²) in [5.74, 6) is 0.354. The fourth-order valence-electron chi connectivity index (χ4n) is 2.80. The van der Waals surface area contributed by atoms with Crippen LogP contribution in [0.3, 0.4) is 0 Å². The molecule has 2 aromatic rings. The lowest BCUT2D eigenvalue weighted by atomic mass is 9.97. The van der Waals surface area contributed by atoms with E-state index in [2.05, 4.69) is 54.2 Å². The molecule has 2 nitrogen and oxygen atoms in total. The normalized spacial score (nSPS) is 10.9. The van der Waals surface area contributed by atoms with Gasteiger partial charge < -0.3 is 5.32 Å². The third-order valence-electron chi connectivity index (χ3n) is 3.95. The van der Waals surface area contributed by atoms with Gasteiger partial charge in [-0.3, -0.25) is 4.79 Å². The zero-order valence-electron chi connectivity index (χ0n) is 13.5. The number of hydrogen-bond donors (Lipinski definition) is 1. The van der Waals surface area contributed by atoms with E-state index < -0.39 is 0 Å². The molecule has 3 heteroatoms. The smallest absolute Gasteiger partial charge is 0.223 e. The summed E-state index contributed by atoms with van der Waals surface area (Å²) in [7, 11) is 0. The highest BCUT2D eigenvalue weighted by Crippen LogP contribution is 2.26. The molecule has 0 saturated carbocycles. The first-order chi connectivity index (χ1) is 10.8. The maximum absolute atomic E-state index is 12.4. The SMILES string of the molecule is CCCC(CCC)C(=O)NCc1ccccc1-c1ccsc1. The fraction of sp³-hybridized carbons (Fsp3) is 0.421. The van der Waals surface area contributed by atoms with Crippen molar-refractivity contribution in [2.75, 3.05) is 0 Å². The summed E-state index contributed by atoms with van der Waals surface area (Å²) in [5.41, 5.74) is 3.63. The van der Waals surface area contributed by atoms with Crippen LogP contribution < -0.4 is 5.32 Å². The van der Waals surface area contributed by atoms with Gasteiger partial charge in [0.25, 0.3) is 0 Å². The van der Waals surface area contributed by atoms with Gasteiger partial charge in [-0.1, -0.05) is 51.0 Å². The average molecular weight is 315 g/mol. The van der Waals surface area contributed by atoms with Crippen molar-refractivity contribution in [3.63, 3.8) is 0 Å². The molecule has 1 aromatic carbocycles. The maximum atomic E-state index is 12.4. The third kappa shape index (κ3) is 4.44. The van der Waals surface area contributed by atoms with E-state index in [1.54, 1.807) is 11.3 Å².